The molecule has 0 atom stereocenters. The Morgan fingerprint density at radius 3 is 2.79 bits per heavy atom. The summed E-state index contributed by atoms with van der Waals surface area (Å²) in [6, 6.07) is 7.38. The summed E-state index contributed by atoms with van der Waals surface area (Å²) in [6.07, 6.45) is 0. The maximum absolute atomic E-state index is 13.4. The standard InChI is InChI=1S/C13H9ClFN3O/c1-19-7-13-17-11(5-12(14)18-13)9-2-8(6-16)3-10(15)4-9/h2-5H,7H2,1H3. The Hall–Kier alpha value is -2.03. The molecule has 2 aromatic rings. The molecule has 0 unspecified atom stereocenters. The van der Waals surface area contributed by atoms with Gasteiger partial charge in [0, 0.05) is 18.7 Å². The minimum absolute atomic E-state index is 0.202. The van der Waals surface area contributed by atoms with Crippen LogP contribution in [0.4, 0.5) is 4.39 Å². The van der Waals surface area contributed by atoms with Gasteiger partial charge in [-0.15, -0.1) is 0 Å². The molecule has 1 aromatic heterocycles. The van der Waals surface area contributed by atoms with E-state index in [0.717, 1.165) is 6.07 Å². The van der Waals surface area contributed by atoms with E-state index in [1.54, 1.807) is 6.07 Å². The number of aromatic nitrogens is 2. The van der Waals surface area contributed by atoms with Gasteiger partial charge in [-0.25, -0.2) is 14.4 Å². The molecule has 0 fully saturated rings. The van der Waals surface area contributed by atoms with E-state index in [4.69, 9.17) is 21.6 Å². The summed E-state index contributed by atoms with van der Waals surface area (Å²) in [4.78, 5) is 8.20. The fraction of sp³-hybridized carbons (Fsp3) is 0.154. The highest BCUT2D eigenvalue weighted by atomic mass is 35.5. The molecule has 0 bridgehead atoms. The average Bonchev–Trinajstić information content (AvgIpc) is 2.37. The van der Waals surface area contributed by atoms with Gasteiger partial charge in [-0.2, -0.15) is 5.26 Å². The summed E-state index contributed by atoms with van der Waals surface area (Å²) < 4.78 is 18.3. The van der Waals surface area contributed by atoms with Gasteiger partial charge in [0.05, 0.1) is 17.3 Å². The highest BCUT2D eigenvalue weighted by Crippen LogP contribution is 2.22. The fourth-order valence-electron chi connectivity index (χ4n) is 1.61. The summed E-state index contributed by atoms with van der Waals surface area (Å²) in [5, 5.41) is 9.07. The molecule has 0 radical (unpaired) electrons. The Balaban J connectivity index is 2.52. The monoisotopic (exact) mass is 277 g/mol. The van der Waals surface area contributed by atoms with E-state index in [1.807, 2.05) is 6.07 Å². The number of benzene rings is 1. The smallest absolute Gasteiger partial charge is 0.156 e. The fourth-order valence-corrected chi connectivity index (χ4v) is 1.81. The Labute approximate surface area is 114 Å². The van der Waals surface area contributed by atoms with Crippen LogP contribution in [0, 0.1) is 17.1 Å². The molecule has 6 heteroatoms. The third-order valence-corrected chi connectivity index (χ3v) is 2.53. The molecular weight excluding hydrogens is 269 g/mol. The summed E-state index contributed by atoms with van der Waals surface area (Å²) >= 11 is 5.88. The molecule has 1 aromatic carbocycles. The van der Waals surface area contributed by atoms with E-state index >= 15 is 0 Å². The number of methoxy groups -OCH3 is 1. The summed E-state index contributed by atoms with van der Waals surface area (Å²) in [7, 11) is 1.51. The molecule has 96 valence electrons. The first kappa shape index (κ1) is 13.4. The number of ether oxygens (including phenoxy) is 1. The Bertz CT molecular complexity index is 655. The highest BCUT2D eigenvalue weighted by molar-refractivity contribution is 6.29. The van der Waals surface area contributed by atoms with Crippen LogP contribution in [0.25, 0.3) is 11.3 Å². The molecule has 4 nitrogen and oxygen atoms in total. The zero-order valence-electron chi connectivity index (χ0n) is 10.0. The lowest BCUT2D eigenvalue weighted by atomic mass is 10.1. The lowest BCUT2D eigenvalue weighted by Crippen LogP contribution is -1.99. The number of nitrogens with zero attached hydrogens (tertiary/aromatic N) is 3. The van der Waals surface area contributed by atoms with E-state index in [2.05, 4.69) is 9.97 Å². The van der Waals surface area contributed by atoms with Crippen LogP contribution in [0.5, 0.6) is 0 Å². The van der Waals surface area contributed by atoms with Gasteiger partial charge in [-0.05, 0) is 18.2 Å². The molecule has 0 aliphatic carbocycles. The minimum Gasteiger partial charge on any atom is -0.377 e. The van der Waals surface area contributed by atoms with Gasteiger partial charge < -0.3 is 4.74 Å². The van der Waals surface area contributed by atoms with E-state index in [1.165, 1.54) is 19.2 Å². The quantitative estimate of drug-likeness (QED) is 0.809. The second-order valence-electron chi connectivity index (χ2n) is 3.77. The Morgan fingerprint density at radius 2 is 2.11 bits per heavy atom. The van der Waals surface area contributed by atoms with Gasteiger partial charge >= 0.3 is 0 Å². The van der Waals surface area contributed by atoms with Crippen molar-refractivity contribution in [2.45, 2.75) is 6.61 Å². The number of nitriles is 1. The maximum Gasteiger partial charge on any atom is 0.156 e. The highest BCUT2D eigenvalue weighted by Gasteiger charge is 2.08. The lowest BCUT2D eigenvalue weighted by molar-refractivity contribution is 0.178. The number of rotatable bonds is 3. The second kappa shape index (κ2) is 5.74. The van der Waals surface area contributed by atoms with Crippen molar-refractivity contribution in [2.75, 3.05) is 7.11 Å². The van der Waals surface area contributed by atoms with Gasteiger partial charge in [0.1, 0.15) is 17.6 Å². The van der Waals surface area contributed by atoms with Crippen LogP contribution in [-0.4, -0.2) is 17.1 Å². The van der Waals surface area contributed by atoms with Crippen molar-refractivity contribution in [1.29, 1.82) is 5.26 Å². The first-order chi connectivity index (χ1) is 9.12. The second-order valence-corrected chi connectivity index (χ2v) is 4.15. The van der Waals surface area contributed by atoms with Crippen LogP contribution in [-0.2, 0) is 11.3 Å². The molecule has 0 aliphatic rings. The molecule has 0 saturated heterocycles. The third-order valence-electron chi connectivity index (χ3n) is 2.34. The van der Waals surface area contributed by atoms with Crippen molar-refractivity contribution >= 4 is 11.6 Å². The van der Waals surface area contributed by atoms with Crippen LogP contribution < -0.4 is 0 Å². The average molecular weight is 278 g/mol. The molecule has 0 saturated carbocycles. The molecule has 0 spiro atoms. The first-order valence-corrected chi connectivity index (χ1v) is 5.73. The van der Waals surface area contributed by atoms with Crippen LogP contribution in [0.15, 0.2) is 24.3 Å². The van der Waals surface area contributed by atoms with E-state index in [-0.39, 0.29) is 17.3 Å². The zero-order valence-corrected chi connectivity index (χ0v) is 10.8. The normalized spacial score (nSPS) is 10.2. The predicted molar refractivity (Wildman–Crippen MR) is 67.9 cm³/mol. The van der Waals surface area contributed by atoms with Crippen molar-refractivity contribution in [3.63, 3.8) is 0 Å². The SMILES string of the molecule is COCc1nc(Cl)cc(-c2cc(F)cc(C#N)c2)n1. The number of halogens is 2. The Morgan fingerprint density at radius 1 is 1.32 bits per heavy atom. The molecule has 2 rings (SSSR count). The molecule has 1 heterocycles. The van der Waals surface area contributed by atoms with Crippen molar-refractivity contribution in [3.05, 3.63) is 46.6 Å². The number of hydrogen-bond acceptors (Lipinski definition) is 4. The predicted octanol–water partition coefficient (Wildman–Crippen LogP) is 2.95. The van der Waals surface area contributed by atoms with Crippen LogP contribution in [0.3, 0.4) is 0 Å². The molecule has 0 N–H and O–H groups in total. The van der Waals surface area contributed by atoms with Gasteiger partial charge in [-0.3, -0.25) is 0 Å². The lowest BCUT2D eigenvalue weighted by Gasteiger charge is -2.05. The van der Waals surface area contributed by atoms with Gasteiger partial charge in [0.25, 0.3) is 0 Å². The van der Waals surface area contributed by atoms with E-state index in [0.29, 0.717) is 17.1 Å². The van der Waals surface area contributed by atoms with E-state index in [9.17, 15) is 4.39 Å². The minimum atomic E-state index is -0.503. The summed E-state index contributed by atoms with van der Waals surface area (Å²) in [5.74, 6) is -0.107. The third kappa shape index (κ3) is 3.25. The zero-order chi connectivity index (χ0) is 13.8. The maximum atomic E-state index is 13.4. The van der Waals surface area contributed by atoms with E-state index < -0.39 is 5.82 Å². The number of hydrogen-bond donors (Lipinski definition) is 0. The summed E-state index contributed by atoms with van der Waals surface area (Å²) in [6.45, 7) is 0.202. The largest absolute Gasteiger partial charge is 0.377 e. The van der Waals surface area contributed by atoms with Crippen LogP contribution in [0.2, 0.25) is 5.15 Å². The van der Waals surface area contributed by atoms with Crippen molar-refractivity contribution in [1.82, 2.24) is 9.97 Å². The summed E-state index contributed by atoms with van der Waals surface area (Å²) in [5.41, 5.74) is 1.14. The van der Waals surface area contributed by atoms with Crippen LogP contribution in [0.1, 0.15) is 11.4 Å². The van der Waals surface area contributed by atoms with Crippen molar-refractivity contribution in [3.8, 4) is 17.3 Å². The Kier molecular flexibility index (Phi) is 4.05. The first-order valence-electron chi connectivity index (χ1n) is 5.36. The molecule has 0 aliphatic heterocycles. The van der Waals surface area contributed by atoms with Crippen molar-refractivity contribution in [2.24, 2.45) is 0 Å². The van der Waals surface area contributed by atoms with Crippen molar-refractivity contribution < 1.29 is 9.13 Å². The topological polar surface area (TPSA) is 58.8 Å². The molecule has 0 amide bonds. The van der Waals surface area contributed by atoms with Gasteiger partial charge in [0.2, 0.25) is 0 Å². The van der Waals surface area contributed by atoms with Crippen LogP contribution >= 0.6 is 11.6 Å². The van der Waals surface area contributed by atoms with Gasteiger partial charge in [0.15, 0.2) is 5.82 Å². The molecular formula is C13H9ClFN3O. The van der Waals surface area contributed by atoms with Gasteiger partial charge in [-0.1, -0.05) is 11.6 Å². The molecule has 19 heavy (non-hydrogen) atoms.